The predicted molar refractivity (Wildman–Crippen MR) is 78.8 cm³/mol. The van der Waals surface area contributed by atoms with Crippen LogP contribution in [0.3, 0.4) is 0 Å². The van der Waals surface area contributed by atoms with Gasteiger partial charge in [0.1, 0.15) is 4.90 Å². The van der Waals surface area contributed by atoms with E-state index in [2.05, 4.69) is 15.9 Å². The molecule has 21 heavy (non-hydrogen) atoms. The number of halogens is 1. The molecule has 1 rings (SSSR count). The van der Waals surface area contributed by atoms with Gasteiger partial charge in [0.2, 0.25) is 15.8 Å². The van der Waals surface area contributed by atoms with Crippen molar-refractivity contribution >= 4 is 31.9 Å². The molecule has 0 atom stereocenters. The Hall–Kier alpha value is -0.900. The maximum absolute atomic E-state index is 12.6. The van der Waals surface area contributed by atoms with Gasteiger partial charge in [-0.25, -0.2) is 13.2 Å². The van der Waals surface area contributed by atoms with Gasteiger partial charge in [-0.2, -0.15) is 4.31 Å². The maximum atomic E-state index is 12.6. The van der Waals surface area contributed by atoms with Gasteiger partial charge in [0.25, 0.3) is 0 Å². The lowest BCUT2D eigenvalue weighted by atomic mass is 10.2. The molecular weight excluding hydrogens is 366 g/mol. The molecule has 0 unspecified atom stereocenters. The monoisotopic (exact) mass is 383 g/mol. The largest absolute Gasteiger partial charge is 0.475 e. The van der Waals surface area contributed by atoms with Crippen LogP contribution in [-0.2, 0) is 14.8 Å². The Morgan fingerprint density at radius 1 is 1.52 bits per heavy atom. The summed E-state index contributed by atoms with van der Waals surface area (Å²) in [4.78, 5) is 10.7. The Morgan fingerprint density at radius 2 is 2.14 bits per heavy atom. The SMILES string of the molecule is COCCN(CC(C)C)S(=O)(=O)c1cc(C(=O)O)oc1Br. The fourth-order valence-corrected chi connectivity index (χ4v) is 4.17. The molecule has 9 heteroatoms. The first-order valence-corrected chi connectivity index (χ1v) is 8.45. The number of nitrogens with zero attached hydrogens (tertiary/aromatic N) is 1. The molecule has 1 N–H and O–H groups in total. The summed E-state index contributed by atoms with van der Waals surface area (Å²) < 4.78 is 36.2. The van der Waals surface area contributed by atoms with Crippen LogP contribution in [0.1, 0.15) is 24.4 Å². The van der Waals surface area contributed by atoms with Gasteiger partial charge in [-0.3, -0.25) is 0 Å². The smallest absolute Gasteiger partial charge is 0.371 e. The second kappa shape index (κ2) is 7.39. The van der Waals surface area contributed by atoms with Crippen molar-refractivity contribution in [1.82, 2.24) is 4.31 Å². The van der Waals surface area contributed by atoms with Gasteiger partial charge >= 0.3 is 5.97 Å². The molecule has 0 fully saturated rings. The Bertz CT molecular complexity index is 595. The van der Waals surface area contributed by atoms with E-state index in [9.17, 15) is 13.2 Å². The quantitative estimate of drug-likeness (QED) is 0.737. The Kier molecular flexibility index (Phi) is 6.39. The summed E-state index contributed by atoms with van der Waals surface area (Å²) in [6, 6.07) is 1.00. The normalized spacial score (nSPS) is 12.3. The first-order chi connectivity index (χ1) is 9.70. The fourth-order valence-electron chi connectivity index (χ4n) is 1.68. The van der Waals surface area contributed by atoms with Gasteiger partial charge in [0, 0.05) is 26.3 Å². The van der Waals surface area contributed by atoms with E-state index in [-0.39, 0.29) is 28.6 Å². The molecule has 120 valence electrons. The van der Waals surface area contributed by atoms with Crippen molar-refractivity contribution in [2.24, 2.45) is 5.92 Å². The molecule has 0 amide bonds. The molecule has 1 aromatic rings. The molecule has 0 radical (unpaired) electrons. The average molecular weight is 384 g/mol. The third-order valence-corrected chi connectivity index (χ3v) is 5.32. The van der Waals surface area contributed by atoms with E-state index in [1.807, 2.05) is 13.8 Å². The third-order valence-electron chi connectivity index (χ3n) is 2.60. The molecule has 0 spiro atoms. The standard InChI is InChI=1S/C12H18BrNO6S/c1-8(2)7-14(4-5-19-3)21(17,18)10-6-9(12(15)16)20-11(10)13/h6,8H,4-5,7H2,1-3H3,(H,15,16). The summed E-state index contributed by atoms with van der Waals surface area (Å²) in [5.41, 5.74) is 0. The second-order valence-electron chi connectivity index (χ2n) is 4.80. The van der Waals surface area contributed by atoms with Gasteiger partial charge in [-0.15, -0.1) is 0 Å². The number of ether oxygens (including phenoxy) is 1. The van der Waals surface area contributed by atoms with E-state index in [0.29, 0.717) is 6.54 Å². The van der Waals surface area contributed by atoms with Crippen molar-refractivity contribution in [3.63, 3.8) is 0 Å². The Labute approximate surface area is 132 Å². The maximum Gasteiger partial charge on any atom is 0.371 e. The predicted octanol–water partition coefficient (Wildman–Crippen LogP) is 2.03. The van der Waals surface area contributed by atoms with Crippen LogP contribution in [-0.4, -0.2) is 50.6 Å². The van der Waals surface area contributed by atoms with Crippen LogP contribution in [0.5, 0.6) is 0 Å². The molecule has 0 saturated heterocycles. The molecule has 0 aliphatic heterocycles. The third kappa shape index (κ3) is 4.53. The van der Waals surface area contributed by atoms with Crippen molar-refractivity contribution in [2.75, 3.05) is 26.8 Å². The van der Waals surface area contributed by atoms with E-state index < -0.39 is 21.8 Å². The number of carbonyl (C=O) groups is 1. The van der Waals surface area contributed by atoms with Crippen molar-refractivity contribution < 1.29 is 27.5 Å². The number of aromatic carboxylic acids is 1. The van der Waals surface area contributed by atoms with Crippen LogP contribution in [0.2, 0.25) is 0 Å². The van der Waals surface area contributed by atoms with Crippen LogP contribution >= 0.6 is 15.9 Å². The zero-order valence-corrected chi connectivity index (χ0v) is 14.4. The lowest BCUT2D eigenvalue weighted by molar-refractivity contribution is 0.0661. The molecular formula is C12H18BrNO6S. The first kappa shape index (κ1) is 18.1. The molecule has 1 aromatic heterocycles. The molecule has 0 aliphatic rings. The van der Waals surface area contributed by atoms with Crippen LogP contribution in [0.15, 0.2) is 20.0 Å². The molecule has 0 saturated carbocycles. The second-order valence-corrected chi connectivity index (χ2v) is 7.43. The van der Waals surface area contributed by atoms with E-state index in [1.54, 1.807) is 0 Å². The topological polar surface area (TPSA) is 97.0 Å². The van der Waals surface area contributed by atoms with Gasteiger partial charge in [0.15, 0.2) is 4.67 Å². The summed E-state index contributed by atoms with van der Waals surface area (Å²) in [6.07, 6.45) is 0. The van der Waals surface area contributed by atoms with Crippen molar-refractivity contribution in [3.8, 4) is 0 Å². The minimum Gasteiger partial charge on any atom is -0.475 e. The highest BCUT2D eigenvalue weighted by molar-refractivity contribution is 9.10. The van der Waals surface area contributed by atoms with Gasteiger partial charge < -0.3 is 14.3 Å². The average Bonchev–Trinajstić information content (AvgIpc) is 2.77. The first-order valence-electron chi connectivity index (χ1n) is 6.21. The number of rotatable bonds is 8. The van der Waals surface area contributed by atoms with Crippen LogP contribution in [0, 0.1) is 5.92 Å². The molecule has 0 aliphatic carbocycles. The minimum absolute atomic E-state index is 0.112. The van der Waals surface area contributed by atoms with Crippen molar-refractivity contribution in [3.05, 3.63) is 16.5 Å². The van der Waals surface area contributed by atoms with E-state index in [4.69, 9.17) is 14.3 Å². The minimum atomic E-state index is -3.86. The zero-order valence-electron chi connectivity index (χ0n) is 12.0. The lowest BCUT2D eigenvalue weighted by Gasteiger charge is -2.23. The van der Waals surface area contributed by atoms with Crippen molar-refractivity contribution in [1.29, 1.82) is 0 Å². The lowest BCUT2D eigenvalue weighted by Crippen LogP contribution is -2.36. The number of sulfonamides is 1. The molecule has 1 heterocycles. The highest BCUT2D eigenvalue weighted by Crippen LogP contribution is 2.29. The summed E-state index contributed by atoms with van der Waals surface area (Å²) in [6.45, 7) is 4.50. The summed E-state index contributed by atoms with van der Waals surface area (Å²) in [5.74, 6) is -1.65. The van der Waals surface area contributed by atoms with E-state index >= 15 is 0 Å². The fraction of sp³-hybridized carbons (Fsp3) is 0.583. The van der Waals surface area contributed by atoms with Gasteiger partial charge in [0.05, 0.1) is 6.61 Å². The van der Waals surface area contributed by atoms with Gasteiger partial charge in [-0.1, -0.05) is 13.8 Å². The molecule has 0 bridgehead atoms. The number of carboxylic acid groups (broad SMARTS) is 1. The highest BCUT2D eigenvalue weighted by Gasteiger charge is 2.31. The summed E-state index contributed by atoms with van der Waals surface area (Å²) >= 11 is 2.96. The number of carboxylic acids is 1. The highest BCUT2D eigenvalue weighted by atomic mass is 79.9. The van der Waals surface area contributed by atoms with Gasteiger partial charge in [-0.05, 0) is 21.8 Å². The zero-order chi connectivity index (χ0) is 16.2. The van der Waals surface area contributed by atoms with Crippen molar-refractivity contribution in [2.45, 2.75) is 18.7 Å². The Morgan fingerprint density at radius 3 is 2.57 bits per heavy atom. The number of furan rings is 1. The number of hydrogen-bond donors (Lipinski definition) is 1. The van der Waals surface area contributed by atoms with E-state index in [1.165, 1.54) is 11.4 Å². The summed E-state index contributed by atoms with van der Waals surface area (Å²) in [7, 11) is -2.38. The molecule has 0 aromatic carbocycles. The van der Waals surface area contributed by atoms with Crippen LogP contribution < -0.4 is 0 Å². The van der Waals surface area contributed by atoms with Crippen LogP contribution in [0.4, 0.5) is 0 Å². The Balaban J connectivity index is 3.18. The summed E-state index contributed by atoms with van der Waals surface area (Å²) in [5, 5.41) is 8.87. The molecule has 7 nitrogen and oxygen atoms in total. The number of methoxy groups -OCH3 is 1. The number of hydrogen-bond acceptors (Lipinski definition) is 5. The van der Waals surface area contributed by atoms with E-state index in [0.717, 1.165) is 6.07 Å². The van der Waals surface area contributed by atoms with Crippen LogP contribution in [0.25, 0.3) is 0 Å².